The van der Waals surface area contributed by atoms with Crippen LogP contribution in [0.25, 0.3) is 0 Å². The van der Waals surface area contributed by atoms with E-state index in [1.54, 1.807) is 18.1 Å². The molecule has 0 saturated carbocycles. The maximum Gasteiger partial charge on any atom is 0.230 e. The lowest BCUT2D eigenvalue weighted by atomic mass is 9.86. The molecule has 2 N–H and O–H groups in total. The van der Waals surface area contributed by atoms with Gasteiger partial charge in [-0.3, -0.25) is 9.89 Å². The molecule has 0 fully saturated rings. The first-order chi connectivity index (χ1) is 9.13. The molecule has 19 heavy (non-hydrogen) atoms. The molecule has 1 aromatic heterocycles. The average Bonchev–Trinajstić information content (AvgIpc) is 2.86. The van der Waals surface area contributed by atoms with Gasteiger partial charge in [0.15, 0.2) is 0 Å². The van der Waals surface area contributed by atoms with Crippen molar-refractivity contribution in [2.24, 2.45) is 0 Å². The topological polar surface area (TPSA) is 78.5 Å². The lowest BCUT2D eigenvalue weighted by Gasteiger charge is -2.27. The van der Waals surface area contributed by atoms with Crippen LogP contribution in [0.3, 0.4) is 0 Å². The zero-order valence-electron chi connectivity index (χ0n) is 11.4. The minimum Gasteiger partial charge on any atom is -0.389 e. The first-order valence-electron chi connectivity index (χ1n) is 6.57. The maximum absolute atomic E-state index is 12.4. The van der Waals surface area contributed by atoms with Gasteiger partial charge in [0.25, 0.3) is 0 Å². The number of methoxy groups -OCH3 is 1. The van der Waals surface area contributed by atoms with Gasteiger partial charge in [-0.05, 0) is 19.3 Å². The van der Waals surface area contributed by atoms with Crippen LogP contribution < -0.4 is 0 Å². The fourth-order valence-corrected chi connectivity index (χ4v) is 2.63. The van der Waals surface area contributed by atoms with Crippen LogP contribution in [-0.2, 0) is 16.0 Å². The number of aryl methyl sites for hydroxylation is 1. The number of hydrogen-bond donors (Lipinski definition) is 2. The van der Waals surface area contributed by atoms with Crippen LogP contribution in [0.4, 0.5) is 0 Å². The molecular formula is C13H21N3O3. The second-order valence-electron chi connectivity index (χ2n) is 5.08. The van der Waals surface area contributed by atoms with Gasteiger partial charge in [0.2, 0.25) is 5.91 Å². The highest BCUT2D eigenvalue weighted by Gasteiger charge is 2.30. The van der Waals surface area contributed by atoms with E-state index in [4.69, 9.17) is 4.74 Å². The first-order valence-corrected chi connectivity index (χ1v) is 6.57. The van der Waals surface area contributed by atoms with E-state index >= 15 is 0 Å². The molecule has 1 aliphatic carbocycles. The van der Waals surface area contributed by atoms with Crippen molar-refractivity contribution >= 4 is 5.91 Å². The molecule has 1 heterocycles. The molecule has 1 aromatic rings. The summed E-state index contributed by atoms with van der Waals surface area (Å²) in [6, 6.07) is 0. The quantitative estimate of drug-likeness (QED) is 0.804. The predicted molar refractivity (Wildman–Crippen MR) is 69.8 cm³/mol. The largest absolute Gasteiger partial charge is 0.389 e. The molecule has 106 valence electrons. The standard InChI is InChI=1S/C13H21N3O3/c1-16(7-9(17)8-19-2)13(18)10-4-3-5-12-11(10)6-14-15-12/h6,9-10,17H,3-5,7-8H2,1-2H3,(H,14,15). The number of amides is 1. The number of likely N-dealkylation sites (N-methyl/N-ethyl adjacent to an activating group) is 1. The number of H-pyrrole nitrogens is 1. The number of ether oxygens (including phenoxy) is 1. The van der Waals surface area contributed by atoms with Crippen LogP contribution in [0.2, 0.25) is 0 Å². The molecule has 0 saturated heterocycles. The Bertz CT molecular complexity index is 433. The molecule has 0 bridgehead atoms. The second-order valence-corrected chi connectivity index (χ2v) is 5.08. The Hall–Kier alpha value is -1.40. The third-order valence-electron chi connectivity index (χ3n) is 3.56. The number of aliphatic hydroxyl groups excluding tert-OH is 1. The number of rotatable bonds is 5. The van der Waals surface area contributed by atoms with Gasteiger partial charge in [0.05, 0.1) is 24.8 Å². The van der Waals surface area contributed by atoms with Crippen LogP contribution in [0.5, 0.6) is 0 Å². The van der Waals surface area contributed by atoms with Gasteiger partial charge in [-0.15, -0.1) is 0 Å². The van der Waals surface area contributed by atoms with Crippen LogP contribution in [0.15, 0.2) is 6.20 Å². The molecule has 1 aliphatic rings. The number of fused-ring (bicyclic) bond motifs is 1. The molecule has 0 radical (unpaired) electrons. The van der Waals surface area contributed by atoms with Crippen LogP contribution in [-0.4, -0.2) is 59.5 Å². The monoisotopic (exact) mass is 267 g/mol. The molecule has 6 nitrogen and oxygen atoms in total. The first kappa shape index (κ1) is 14.0. The summed E-state index contributed by atoms with van der Waals surface area (Å²) in [5, 5.41) is 16.7. The van der Waals surface area contributed by atoms with Crippen LogP contribution in [0.1, 0.15) is 30.0 Å². The maximum atomic E-state index is 12.4. The van der Waals surface area contributed by atoms with Crippen molar-refractivity contribution in [3.8, 4) is 0 Å². The lowest BCUT2D eigenvalue weighted by Crippen LogP contribution is -2.39. The molecule has 0 spiro atoms. The summed E-state index contributed by atoms with van der Waals surface area (Å²) < 4.78 is 4.87. The lowest BCUT2D eigenvalue weighted by molar-refractivity contribution is -0.133. The molecule has 2 rings (SSSR count). The number of nitrogens with zero attached hydrogens (tertiary/aromatic N) is 2. The van der Waals surface area contributed by atoms with E-state index in [9.17, 15) is 9.90 Å². The Morgan fingerprint density at radius 1 is 1.74 bits per heavy atom. The summed E-state index contributed by atoms with van der Waals surface area (Å²) in [7, 11) is 3.25. The molecule has 1 amide bonds. The van der Waals surface area contributed by atoms with Gasteiger partial charge >= 0.3 is 0 Å². The van der Waals surface area contributed by atoms with E-state index in [1.165, 1.54) is 7.11 Å². The van der Waals surface area contributed by atoms with Crippen molar-refractivity contribution in [3.63, 3.8) is 0 Å². The summed E-state index contributed by atoms with van der Waals surface area (Å²) in [6.45, 7) is 0.523. The Kier molecular flexibility index (Phi) is 4.55. The number of hydrogen-bond acceptors (Lipinski definition) is 4. The van der Waals surface area contributed by atoms with E-state index in [1.807, 2.05) is 0 Å². The summed E-state index contributed by atoms with van der Waals surface area (Å²) in [5.41, 5.74) is 2.07. The fraction of sp³-hybridized carbons (Fsp3) is 0.692. The van der Waals surface area contributed by atoms with Crippen LogP contribution in [0, 0.1) is 0 Å². The summed E-state index contributed by atoms with van der Waals surface area (Å²) in [4.78, 5) is 14.0. The SMILES string of the molecule is COCC(O)CN(C)C(=O)C1CCCc2[nH]ncc21. The minimum absolute atomic E-state index is 0.0394. The third-order valence-corrected chi connectivity index (χ3v) is 3.56. The van der Waals surface area contributed by atoms with Crippen LogP contribution >= 0.6 is 0 Å². The summed E-state index contributed by atoms with van der Waals surface area (Å²) in [5.74, 6) is -0.0975. The van der Waals surface area contributed by atoms with Gasteiger partial charge in [-0.2, -0.15) is 5.10 Å². The number of nitrogens with one attached hydrogen (secondary N) is 1. The molecule has 2 unspecified atom stereocenters. The van der Waals surface area contributed by atoms with E-state index in [2.05, 4.69) is 10.2 Å². The molecule has 0 aliphatic heterocycles. The third kappa shape index (κ3) is 3.13. The summed E-state index contributed by atoms with van der Waals surface area (Å²) >= 11 is 0. The van der Waals surface area contributed by atoms with Crippen molar-refractivity contribution in [3.05, 3.63) is 17.5 Å². The Morgan fingerprint density at radius 3 is 3.26 bits per heavy atom. The van der Waals surface area contributed by atoms with Gasteiger partial charge in [-0.1, -0.05) is 0 Å². The highest BCUT2D eigenvalue weighted by atomic mass is 16.5. The van der Waals surface area contributed by atoms with Crippen molar-refractivity contribution in [1.29, 1.82) is 0 Å². The van der Waals surface area contributed by atoms with Gasteiger partial charge in [0, 0.05) is 32.0 Å². The Morgan fingerprint density at radius 2 is 2.53 bits per heavy atom. The van der Waals surface area contributed by atoms with Crippen molar-refractivity contribution in [1.82, 2.24) is 15.1 Å². The molecule has 2 atom stereocenters. The number of aromatic amines is 1. The fourth-order valence-electron chi connectivity index (χ4n) is 2.63. The molecule has 6 heteroatoms. The second kappa shape index (κ2) is 6.16. The van der Waals surface area contributed by atoms with E-state index < -0.39 is 6.10 Å². The van der Waals surface area contributed by atoms with Gasteiger partial charge in [-0.25, -0.2) is 0 Å². The van der Waals surface area contributed by atoms with Gasteiger partial charge in [0.1, 0.15) is 0 Å². The van der Waals surface area contributed by atoms with Crippen molar-refractivity contribution in [2.75, 3.05) is 27.3 Å². The zero-order valence-corrected chi connectivity index (χ0v) is 11.4. The van der Waals surface area contributed by atoms with Crippen molar-refractivity contribution < 1.29 is 14.6 Å². The number of carbonyl (C=O) groups is 1. The predicted octanol–water partition coefficient (Wildman–Crippen LogP) is 0.295. The minimum atomic E-state index is -0.647. The van der Waals surface area contributed by atoms with Crippen molar-refractivity contribution in [2.45, 2.75) is 31.3 Å². The number of carbonyl (C=O) groups excluding carboxylic acids is 1. The Balaban J connectivity index is 2.01. The smallest absolute Gasteiger partial charge is 0.230 e. The van der Waals surface area contributed by atoms with E-state index in [-0.39, 0.29) is 25.0 Å². The van der Waals surface area contributed by atoms with Gasteiger partial charge < -0.3 is 14.7 Å². The number of aliphatic hydroxyl groups is 1. The number of aromatic nitrogens is 2. The normalized spacial score (nSPS) is 19.8. The molecular weight excluding hydrogens is 246 g/mol. The highest BCUT2D eigenvalue weighted by Crippen LogP contribution is 2.31. The van der Waals surface area contributed by atoms with E-state index in [0.717, 1.165) is 30.5 Å². The zero-order chi connectivity index (χ0) is 13.8. The average molecular weight is 267 g/mol. The summed E-state index contributed by atoms with van der Waals surface area (Å²) in [6.07, 6.45) is 3.88. The Labute approximate surface area is 112 Å². The molecule has 0 aromatic carbocycles. The highest BCUT2D eigenvalue weighted by molar-refractivity contribution is 5.84. The van der Waals surface area contributed by atoms with E-state index in [0.29, 0.717) is 0 Å².